The van der Waals surface area contributed by atoms with E-state index in [-0.39, 0.29) is 11.2 Å². The standard InChI is InChI=1S/C13H24O3S/c1-10(2)13(14)8-7-11-5-4-6-12(9-11)17(3,15)16/h10-12H,4-9H2,1-3H3. The first-order valence-corrected chi connectivity index (χ1v) is 8.47. The smallest absolute Gasteiger partial charge is 0.150 e. The maximum atomic E-state index is 11.5. The molecular weight excluding hydrogens is 236 g/mol. The maximum absolute atomic E-state index is 11.5. The zero-order chi connectivity index (χ0) is 13.1. The van der Waals surface area contributed by atoms with Crippen molar-refractivity contribution in [3.05, 3.63) is 0 Å². The second-order valence-corrected chi connectivity index (χ2v) is 7.97. The van der Waals surface area contributed by atoms with E-state index >= 15 is 0 Å². The van der Waals surface area contributed by atoms with Gasteiger partial charge in [-0.2, -0.15) is 0 Å². The Hall–Kier alpha value is -0.380. The molecular formula is C13H24O3S. The zero-order valence-electron chi connectivity index (χ0n) is 11.1. The minimum absolute atomic E-state index is 0.101. The summed E-state index contributed by atoms with van der Waals surface area (Å²) in [6.45, 7) is 3.84. The summed E-state index contributed by atoms with van der Waals surface area (Å²) in [5.41, 5.74) is 0. The highest BCUT2D eigenvalue weighted by Crippen LogP contribution is 2.31. The summed E-state index contributed by atoms with van der Waals surface area (Å²) in [5.74, 6) is 0.821. The van der Waals surface area contributed by atoms with Crippen molar-refractivity contribution in [3.8, 4) is 0 Å². The van der Waals surface area contributed by atoms with E-state index in [2.05, 4.69) is 0 Å². The second kappa shape index (κ2) is 5.98. The molecule has 1 rings (SSSR count). The van der Waals surface area contributed by atoms with Crippen LogP contribution in [0.3, 0.4) is 0 Å². The number of carbonyl (C=O) groups excluding carboxylic acids is 1. The Bertz CT molecular complexity index is 357. The third kappa shape index (κ3) is 4.78. The second-order valence-electron chi connectivity index (χ2n) is 5.64. The van der Waals surface area contributed by atoms with E-state index in [1.54, 1.807) is 0 Å². The van der Waals surface area contributed by atoms with E-state index in [0.29, 0.717) is 18.1 Å². The van der Waals surface area contributed by atoms with Gasteiger partial charge in [0.25, 0.3) is 0 Å². The maximum Gasteiger partial charge on any atom is 0.150 e. The van der Waals surface area contributed by atoms with E-state index in [0.717, 1.165) is 32.1 Å². The number of rotatable bonds is 5. The van der Waals surface area contributed by atoms with Crippen LogP contribution in [-0.4, -0.2) is 25.7 Å². The van der Waals surface area contributed by atoms with Gasteiger partial charge in [0.1, 0.15) is 15.6 Å². The average Bonchev–Trinajstić information content (AvgIpc) is 2.25. The topological polar surface area (TPSA) is 51.2 Å². The number of hydrogen-bond acceptors (Lipinski definition) is 3. The predicted molar refractivity (Wildman–Crippen MR) is 69.7 cm³/mol. The monoisotopic (exact) mass is 260 g/mol. The first kappa shape index (κ1) is 14.7. The Morgan fingerprint density at radius 1 is 1.29 bits per heavy atom. The molecule has 1 fully saturated rings. The van der Waals surface area contributed by atoms with Crippen molar-refractivity contribution in [2.75, 3.05) is 6.26 Å². The summed E-state index contributed by atoms with van der Waals surface area (Å²) in [7, 11) is -2.90. The number of Topliss-reactive ketones (excluding diaryl/α,β-unsaturated/α-hetero) is 1. The first-order chi connectivity index (χ1) is 7.80. The number of sulfone groups is 1. The molecule has 0 spiro atoms. The molecule has 100 valence electrons. The van der Waals surface area contributed by atoms with Crippen molar-refractivity contribution in [1.29, 1.82) is 0 Å². The summed E-state index contributed by atoms with van der Waals surface area (Å²) in [4.78, 5) is 11.5. The van der Waals surface area contributed by atoms with E-state index in [1.807, 2.05) is 13.8 Å². The Labute approximate surface area is 105 Å². The summed E-state index contributed by atoms with van der Waals surface area (Å²) >= 11 is 0. The summed E-state index contributed by atoms with van der Waals surface area (Å²) < 4.78 is 23.0. The molecule has 0 amide bonds. The minimum atomic E-state index is -2.90. The van der Waals surface area contributed by atoms with Gasteiger partial charge in [0, 0.05) is 18.6 Å². The van der Waals surface area contributed by atoms with Gasteiger partial charge < -0.3 is 0 Å². The van der Waals surface area contributed by atoms with Crippen molar-refractivity contribution >= 4 is 15.6 Å². The van der Waals surface area contributed by atoms with Gasteiger partial charge >= 0.3 is 0 Å². The van der Waals surface area contributed by atoms with Crippen molar-refractivity contribution in [3.63, 3.8) is 0 Å². The molecule has 17 heavy (non-hydrogen) atoms. The molecule has 0 heterocycles. The van der Waals surface area contributed by atoms with E-state index in [9.17, 15) is 13.2 Å². The lowest BCUT2D eigenvalue weighted by atomic mass is 9.84. The molecule has 3 nitrogen and oxygen atoms in total. The van der Waals surface area contributed by atoms with Gasteiger partial charge in [0.05, 0.1) is 5.25 Å². The summed E-state index contributed by atoms with van der Waals surface area (Å²) in [6.07, 6.45) is 6.43. The molecule has 2 atom stereocenters. The molecule has 1 aliphatic rings. The van der Waals surface area contributed by atoms with E-state index < -0.39 is 9.84 Å². The fraction of sp³-hybridized carbons (Fsp3) is 0.923. The van der Waals surface area contributed by atoms with Crippen molar-refractivity contribution in [2.24, 2.45) is 11.8 Å². The average molecular weight is 260 g/mol. The van der Waals surface area contributed by atoms with Crippen LogP contribution in [0.15, 0.2) is 0 Å². The van der Waals surface area contributed by atoms with E-state index in [1.165, 1.54) is 6.26 Å². The van der Waals surface area contributed by atoms with Gasteiger partial charge in [0.15, 0.2) is 0 Å². The normalized spacial score (nSPS) is 26.1. The lowest BCUT2D eigenvalue weighted by Gasteiger charge is -2.27. The van der Waals surface area contributed by atoms with Crippen LogP contribution in [0, 0.1) is 11.8 Å². The van der Waals surface area contributed by atoms with Crippen molar-refractivity contribution in [1.82, 2.24) is 0 Å². The lowest BCUT2D eigenvalue weighted by Crippen LogP contribution is -2.27. The predicted octanol–water partition coefficient (Wildman–Crippen LogP) is 2.60. The highest BCUT2D eigenvalue weighted by atomic mass is 32.2. The molecule has 2 unspecified atom stereocenters. The molecule has 0 aliphatic heterocycles. The highest BCUT2D eigenvalue weighted by Gasteiger charge is 2.28. The van der Waals surface area contributed by atoms with Crippen LogP contribution in [-0.2, 0) is 14.6 Å². The zero-order valence-corrected chi connectivity index (χ0v) is 11.9. The van der Waals surface area contributed by atoms with Crippen LogP contribution in [0.4, 0.5) is 0 Å². The molecule has 0 N–H and O–H groups in total. The number of carbonyl (C=O) groups is 1. The van der Waals surface area contributed by atoms with E-state index in [4.69, 9.17) is 0 Å². The van der Waals surface area contributed by atoms with Crippen molar-refractivity contribution in [2.45, 2.75) is 57.6 Å². The molecule has 0 aromatic carbocycles. The summed E-state index contributed by atoms with van der Waals surface area (Å²) in [5, 5.41) is -0.171. The molecule has 4 heteroatoms. The van der Waals surface area contributed by atoms with Crippen LogP contribution in [0.2, 0.25) is 0 Å². The van der Waals surface area contributed by atoms with Crippen LogP contribution < -0.4 is 0 Å². The van der Waals surface area contributed by atoms with Gasteiger partial charge in [-0.15, -0.1) is 0 Å². The summed E-state index contributed by atoms with van der Waals surface area (Å²) in [6, 6.07) is 0. The molecule has 0 aromatic rings. The molecule has 0 bridgehead atoms. The molecule has 0 saturated heterocycles. The van der Waals surface area contributed by atoms with Gasteiger partial charge in [-0.3, -0.25) is 4.79 Å². The Morgan fingerprint density at radius 2 is 1.94 bits per heavy atom. The van der Waals surface area contributed by atoms with Crippen molar-refractivity contribution < 1.29 is 13.2 Å². The Morgan fingerprint density at radius 3 is 2.47 bits per heavy atom. The number of ketones is 1. The largest absolute Gasteiger partial charge is 0.299 e. The SMILES string of the molecule is CC(C)C(=O)CCC1CCCC(S(C)(=O)=O)C1. The molecule has 1 saturated carbocycles. The lowest BCUT2D eigenvalue weighted by molar-refractivity contribution is -0.122. The van der Waals surface area contributed by atoms with Crippen LogP contribution >= 0.6 is 0 Å². The highest BCUT2D eigenvalue weighted by molar-refractivity contribution is 7.91. The third-order valence-electron chi connectivity index (χ3n) is 3.78. The van der Waals surface area contributed by atoms with Crippen LogP contribution in [0.1, 0.15) is 52.4 Å². The molecule has 0 aromatic heterocycles. The van der Waals surface area contributed by atoms with Crippen LogP contribution in [0.25, 0.3) is 0 Å². The fourth-order valence-electron chi connectivity index (χ4n) is 2.53. The van der Waals surface area contributed by atoms with Gasteiger partial charge in [0.2, 0.25) is 0 Å². The Balaban J connectivity index is 2.43. The molecule has 0 radical (unpaired) electrons. The third-order valence-corrected chi connectivity index (χ3v) is 5.42. The molecule has 1 aliphatic carbocycles. The number of hydrogen-bond donors (Lipinski definition) is 0. The van der Waals surface area contributed by atoms with Crippen LogP contribution in [0.5, 0.6) is 0 Å². The quantitative estimate of drug-likeness (QED) is 0.763. The van der Waals surface area contributed by atoms with Gasteiger partial charge in [-0.25, -0.2) is 8.42 Å². The van der Waals surface area contributed by atoms with Gasteiger partial charge in [-0.1, -0.05) is 26.7 Å². The minimum Gasteiger partial charge on any atom is -0.299 e. The fourth-order valence-corrected chi connectivity index (χ4v) is 3.74. The first-order valence-electron chi connectivity index (χ1n) is 6.52. The Kier molecular flexibility index (Phi) is 5.17. The van der Waals surface area contributed by atoms with Gasteiger partial charge in [-0.05, 0) is 25.2 Å².